The minimum atomic E-state index is -3.97. The molecule has 1 amide bonds. The monoisotopic (exact) mass is 486 g/mol. The summed E-state index contributed by atoms with van der Waals surface area (Å²) in [5.74, 6) is 0.290. The second kappa shape index (κ2) is 11.7. The van der Waals surface area contributed by atoms with E-state index in [1.54, 1.807) is 30.3 Å². The fraction of sp³-hybridized carbons (Fsp3) is 0.240. The fourth-order valence-corrected chi connectivity index (χ4v) is 4.78. The van der Waals surface area contributed by atoms with Crippen molar-refractivity contribution in [2.75, 3.05) is 24.0 Å². The van der Waals surface area contributed by atoms with E-state index in [1.807, 2.05) is 24.3 Å². The van der Waals surface area contributed by atoms with E-state index < -0.39 is 15.9 Å². The van der Waals surface area contributed by atoms with Crippen LogP contribution in [0.15, 0.2) is 83.8 Å². The van der Waals surface area contributed by atoms with Crippen molar-refractivity contribution in [3.05, 3.63) is 89.4 Å². The number of rotatable bonds is 11. The van der Waals surface area contributed by atoms with Gasteiger partial charge in [0.1, 0.15) is 18.9 Å². The lowest BCUT2D eigenvalue weighted by Gasteiger charge is -2.24. The van der Waals surface area contributed by atoms with Gasteiger partial charge in [0.25, 0.3) is 10.0 Å². The van der Waals surface area contributed by atoms with Crippen molar-refractivity contribution in [2.24, 2.45) is 0 Å². The topological polar surface area (TPSA) is 75.7 Å². The van der Waals surface area contributed by atoms with Gasteiger partial charge in [-0.15, -0.1) is 0 Å². The number of hydrogen-bond acceptors (Lipinski definition) is 4. The molecule has 0 bridgehead atoms. The number of hydrogen-bond donors (Lipinski definition) is 1. The number of para-hydroxylation sites is 1. The third-order valence-corrected chi connectivity index (χ3v) is 6.93. The van der Waals surface area contributed by atoms with Crippen molar-refractivity contribution >= 4 is 33.2 Å². The van der Waals surface area contributed by atoms with Crippen LogP contribution in [0.5, 0.6) is 5.75 Å². The molecule has 8 heteroatoms. The van der Waals surface area contributed by atoms with Crippen molar-refractivity contribution in [3.8, 4) is 5.75 Å². The third kappa shape index (κ3) is 6.97. The van der Waals surface area contributed by atoms with Crippen LogP contribution >= 0.6 is 11.6 Å². The van der Waals surface area contributed by atoms with Crippen molar-refractivity contribution in [2.45, 2.75) is 24.7 Å². The van der Waals surface area contributed by atoms with Gasteiger partial charge in [0.2, 0.25) is 5.91 Å². The summed E-state index contributed by atoms with van der Waals surface area (Å²) in [5.41, 5.74) is 1.65. The number of sulfonamides is 1. The molecule has 0 aromatic heterocycles. The summed E-state index contributed by atoms with van der Waals surface area (Å²) in [6.45, 7) is 2.29. The van der Waals surface area contributed by atoms with Gasteiger partial charge in [-0.1, -0.05) is 55.3 Å². The number of aryl methyl sites for hydroxylation is 1. The number of halogens is 1. The maximum Gasteiger partial charge on any atom is 0.264 e. The standard InChI is InChI=1S/C25H27ClN2O4S/c1-2-6-20-9-13-23(14-10-20)32-18-17-27-25(29)19-28(22-7-4-3-5-8-22)33(30,31)24-15-11-21(26)12-16-24/h3-5,7-16H,2,6,17-19H2,1H3,(H,27,29). The Hall–Kier alpha value is -3.03. The van der Waals surface area contributed by atoms with E-state index in [1.165, 1.54) is 29.8 Å². The van der Waals surface area contributed by atoms with Crippen LogP contribution in [0.2, 0.25) is 5.02 Å². The first-order valence-electron chi connectivity index (χ1n) is 10.7. The highest BCUT2D eigenvalue weighted by Crippen LogP contribution is 2.24. The molecule has 0 aliphatic rings. The zero-order valence-corrected chi connectivity index (χ0v) is 20.0. The number of nitrogens with one attached hydrogen (secondary N) is 1. The maximum absolute atomic E-state index is 13.2. The molecule has 33 heavy (non-hydrogen) atoms. The number of amides is 1. The third-order valence-electron chi connectivity index (χ3n) is 4.89. The van der Waals surface area contributed by atoms with E-state index in [-0.39, 0.29) is 24.6 Å². The van der Waals surface area contributed by atoms with Crippen LogP contribution in [-0.2, 0) is 21.2 Å². The molecule has 3 aromatic carbocycles. The molecule has 3 rings (SSSR count). The minimum absolute atomic E-state index is 0.0541. The SMILES string of the molecule is CCCc1ccc(OCCNC(=O)CN(c2ccccc2)S(=O)(=O)c2ccc(Cl)cc2)cc1. The number of nitrogens with zero attached hydrogens (tertiary/aromatic N) is 1. The summed E-state index contributed by atoms with van der Waals surface area (Å²) in [4.78, 5) is 12.6. The normalized spacial score (nSPS) is 11.1. The summed E-state index contributed by atoms with van der Waals surface area (Å²) < 4.78 is 33.2. The Kier molecular flexibility index (Phi) is 8.74. The van der Waals surface area contributed by atoms with E-state index in [9.17, 15) is 13.2 Å². The van der Waals surface area contributed by atoms with Crippen LogP contribution in [-0.4, -0.2) is 34.0 Å². The van der Waals surface area contributed by atoms with Crippen molar-refractivity contribution in [1.82, 2.24) is 5.32 Å². The molecule has 1 N–H and O–H groups in total. The molecule has 3 aromatic rings. The minimum Gasteiger partial charge on any atom is -0.492 e. The molecule has 0 radical (unpaired) electrons. The summed E-state index contributed by atoms with van der Waals surface area (Å²) in [5, 5.41) is 3.16. The van der Waals surface area contributed by atoms with Crippen LogP contribution in [0, 0.1) is 0 Å². The smallest absolute Gasteiger partial charge is 0.264 e. The van der Waals surface area contributed by atoms with E-state index in [4.69, 9.17) is 16.3 Å². The predicted octanol–water partition coefficient (Wildman–Crippen LogP) is 4.68. The molecule has 6 nitrogen and oxygen atoms in total. The molecule has 0 atom stereocenters. The molecular formula is C25H27ClN2O4S. The molecule has 0 fully saturated rings. The first-order chi connectivity index (χ1) is 15.9. The molecular weight excluding hydrogens is 460 g/mol. The van der Waals surface area contributed by atoms with Gasteiger partial charge >= 0.3 is 0 Å². The number of ether oxygens (including phenoxy) is 1. The Morgan fingerprint density at radius 1 is 0.970 bits per heavy atom. The average Bonchev–Trinajstić information content (AvgIpc) is 2.82. The van der Waals surface area contributed by atoms with Gasteiger partial charge in [-0.3, -0.25) is 9.10 Å². The van der Waals surface area contributed by atoms with Gasteiger partial charge in [0, 0.05) is 5.02 Å². The van der Waals surface area contributed by atoms with Crippen molar-refractivity contribution in [1.29, 1.82) is 0 Å². The Balaban J connectivity index is 1.61. The highest BCUT2D eigenvalue weighted by atomic mass is 35.5. The Bertz CT molecular complexity index is 1140. The average molecular weight is 487 g/mol. The molecule has 0 aliphatic heterocycles. The lowest BCUT2D eigenvalue weighted by atomic mass is 10.1. The molecule has 0 heterocycles. The number of anilines is 1. The Morgan fingerprint density at radius 2 is 1.64 bits per heavy atom. The van der Waals surface area contributed by atoms with Gasteiger partial charge in [0.05, 0.1) is 17.1 Å². The first-order valence-corrected chi connectivity index (χ1v) is 12.5. The van der Waals surface area contributed by atoms with Gasteiger partial charge in [-0.25, -0.2) is 8.42 Å². The zero-order chi connectivity index (χ0) is 23.7. The maximum atomic E-state index is 13.2. The molecule has 0 saturated heterocycles. The first kappa shape index (κ1) is 24.6. The summed E-state index contributed by atoms with van der Waals surface area (Å²) in [6, 6.07) is 22.2. The largest absolute Gasteiger partial charge is 0.492 e. The highest BCUT2D eigenvalue weighted by Gasteiger charge is 2.27. The zero-order valence-electron chi connectivity index (χ0n) is 18.4. The molecule has 0 saturated carbocycles. The quantitative estimate of drug-likeness (QED) is 0.399. The number of carbonyl (C=O) groups is 1. The number of carbonyl (C=O) groups excluding carboxylic acids is 1. The molecule has 174 valence electrons. The second-order valence-corrected chi connectivity index (χ2v) is 9.69. The molecule has 0 aliphatic carbocycles. The lowest BCUT2D eigenvalue weighted by Crippen LogP contribution is -2.41. The predicted molar refractivity (Wildman–Crippen MR) is 131 cm³/mol. The van der Waals surface area contributed by atoms with Crippen molar-refractivity contribution < 1.29 is 17.9 Å². The summed E-state index contributed by atoms with van der Waals surface area (Å²) in [6.07, 6.45) is 2.10. The Morgan fingerprint density at radius 3 is 2.27 bits per heavy atom. The van der Waals surface area contributed by atoms with E-state index in [0.717, 1.165) is 22.9 Å². The van der Waals surface area contributed by atoms with Crippen LogP contribution in [0.1, 0.15) is 18.9 Å². The fourth-order valence-electron chi connectivity index (χ4n) is 3.23. The van der Waals surface area contributed by atoms with Crippen LogP contribution in [0.4, 0.5) is 5.69 Å². The lowest BCUT2D eigenvalue weighted by molar-refractivity contribution is -0.119. The second-order valence-electron chi connectivity index (χ2n) is 7.39. The van der Waals surface area contributed by atoms with Crippen molar-refractivity contribution in [3.63, 3.8) is 0 Å². The van der Waals surface area contributed by atoms with E-state index in [2.05, 4.69) is 12.2 Å². The number of benzene rings is 3. The highest BCUT2D eigenvalue weighted by molar-refractivity contribution is 7.92. The van der Waals surface area contributed by atoms with E-state index >= 15 is 0 Å². The van der Waals surface area contributed by atoms with Crippen LogP contribution < -0.4 is 14.4 Å². The summed E-state index contributed by atoms with van der Waals surface area (Å²) >= 11 is 5.90. The van der Waals surface area contributed by atoms with Gasteiger partial charge in [0.15, 0.2) is 0 Å². The van der Waals surface area contributed by atoms with E-state index in [0.29, 0.717) is 10.7 Å². The van der Waals surface area contributed by atoms with Crippen LogP contribution in [0.3, 0.4) is 0 Å². The molecule has 0 spiro atoms. The van der Waals surface area contributed by atoms with Gasteiger partial charge < -0.3 is 10.1 Å². The van der Waals surface area contributed by atoms with Gasteiger partial charge in [-0.05, 0) is 60.5 Å². The molecule has 0 unspecified atom stereocenters. The Labute approximate surface area is 200 Å². The van der Waals surface area contributed by atoms with Gasteiger partial charge in [-0.2, -0.15) is 0 Å². The summed E-state index contributed by atoms with van der Waals surface area (Å²) in [7, 11) is -3.97. The van der Waals surface area contributed by atoms with Crippen LogP contribution in [0.25, 0.3) is 0 Å².